The Balaban J connectivity index is 2.29. The Morgan fingerprint density at radius 2 is 2.41 bits per heavy atom. The summed E-state index contributed by atoms with van der Waals surface area (Å²) < 4.78 is 1.04. The number of nitrogens with zero attached hydrogens (tertiary/aromatic N) is 1. The fourth-order valence-electron chi connectivity index (χ4n) is 1.38. The number of thiophene rings is 1. The van der Waals surface area contributed by atoms with E-state index in [1.807, 2.05) is 23.3 Å². The molecule has 96 valence electrons. The number of aliphatic hydroxyl groups is 1. The maximum Gasteiger partial charge on any atom is 0.234 e. The number of carbonyl (C=O) groups is 1. The summed E-state index contributed by atoms with van der Waals surface area (Å²) in [4.78, 5) is 14.6. The van der Waals surface area contributed by atoms with Gasteiger partial charge in [0.2, 0.25) is 5.91 Å². The molecular formula is C11H17BrN2O2S. The molecule has 6 heteroatoms. The maximum absolute atomic E-state index is 11.6. The van der Waals surface area contributed by atoms with Crippen LogP contribution in [0.4, 0.5) is 0 Å². The summed E-state index contributed by atoms with van der Waals surface area (Å²) in [5.74, 6) is -0.00942. The number of halogens is 1. The van der Waals surface area contributed by atoms with Crippen LogP contribution in [0.3, 0.4) is 0 Å². The highest BCUT2D eigenvalue weighted by Gasteiger charge is 2.08. The minimum absolute atomic E-state index is 0.00942. The van der Waals surface area contributed by atoms with Gasteiger partial charge in [-0.3, -0.25) is 9.69 Å². The third-order valence-corrected chi connectivity index (χ3v) is 4.01. The molecule has 0 aromatic carbocycles. The first-order valence-corrected chi connectivity index (χ1v) is 7.15. The average molecular weight is 321 g/mol. The van der Waals surface area contributed by atoms with Gasteiger partial charge in [0.15, 0.2) is 0 Å². The fourth-order valence-corrected chi connectivity index (χ4v) is 2.77. The van der Waals surface area contributed by atoms with Crippen LogP contribution in [0.2, 0.25) is 0 Å². The van der Waals surface area contributed by atoms with Crippen molar-refractivity contribution in [3.8, 4) is 0 Å². The largest absolute Gasteiger partial charge is 0.395 e. The van der Waals surface area contributed by atoms with Crippen molar-refractivity contribution in [1.82, 2.24) is 10.2 Å². The first-order chi connectivity index (χ1) is 8.15. The number of aliphatic hydroxyl groups excluding tert-OH is 1. The second-order valence-electron chi connectivity index (χ2n) is 3.60. The zero-order valence-corrected chi connectivity index (χ0v) is 12.2. The number of hydrogen-bond acceptors (Lipinski definition) is 4. The van der Waals surface area contributed by atoms with Gasteiger partial charge in [-0.1, -0.05) is 6.92 Å². The SMILES string of the molecule is CCN(CCO)CC(=O)NCc1cc(Br)cs1. The lowest BCUT2D eigenvalue weighted by atomic mass is 10.4. The highest BCUT2D eigenvalue weighted by molar-refractivity contribution is 9.10. The fraction of sp³-hybridized carbons (Fsp3) is 0.545. The van der Waals surface area contributed by atoms with Crippen molar-refractivity contribution < 1.29 is 9.90 Å². The lowest BCUT2D eigenvalue weighted by Gasteiger charge is -2.18. The van der Waals surface area contributed by atoms with E-state index >= 15 is 0 Å². The normalized spacial score (nSPS) is 10.8. The van der Waals surface area contributed by atoms with Gasteiger partial charge < -0.3 is 10.4 Å². The third-order valence-electron chi connectivity index (χ3n) is 2.31. The molecule has 0 aliphatic carbocycles. The smallest absolute Gasteiger partial charge is 0.234 e. The van der Waals surface area contributed by atoms with Gasteiger partial charge in [-0.2, -0.15) is 0 Å². The summed E-state index contributed by atoms with van der Waals surface area (Å²) in [5.41, 5.74) is 0. The van der Waals surface area contributed by atoms with Crippen LogP contribution in [0.5, 0.6) is 0 Å². The molecule has 4 nitrogen and oxygen atoms in total. The molecule has 0 radical (unpaired) electrons. The Bertz CT molecular complexity index is 357. The van der Waals surface area contributed by atoms with E-state index in [9.17, 15) is 4.79 Å². The molecule has 0 fully saturated rings. The Hall–Kier alpha value is -0.430. The van der Waals surface area contributed by atoms with Crippen molar-refractivity contribution in [2.75, 3.05) is 26.2 Å². The van der Waals surface area contributed by atoms with Gasteiger partial charge in [0.1, 0.15) is 0 Å². The monoisotopic (exact) mass is 320 g/mol. The van der Waals surface area contributed by atoms with Crippen LogP contribution in [0.15, 0.2) is 15.9 Å². The molecule has 1 aromatic heterocycles. The van der Waals surface area contributed by atoms with Gasteiger partial charge in [0, 0.05) is 21.3 Å². The number of carbonyl (C=O) groups excluding carboxylic acids is 1. The summed E-state index contributed by atoms with van der Waals surface area (Å²) in [6.07, 6.45) is 0. The van der Waals surface area contributed by atoms with Crippen LogP contribution in [-0.4, -0.2) is 42.2 Å². The molecule has 17 heavy (non-hydrogen) atoms. The van der Waals surface area contributed by atoms with E-state index in [1.54, 1.807) is 11.3 Å². The summed E-state index contributed by atoms with van der Waals surface area (Å²) in [7, 11) is 0. The molecule has 0 aliphatic rings. The van der Waals surface area contributed by atoms with Crippen molar-refractivity contribution in [1.29, 1.82) is 0 Å². The van der Waals surface area contributed by atoms with E-state index < -0.39 is 0 Å². The lowest BCUT2D eigenvalue weighted by Crippen LogP contribution is -2.38. The Labute approximate surface area is 114 Å². The molecule has 1 rings (SSSR count). The number of rotatable bonds is 7. The van der Waals surface area contributed by atoms with E-state index in [-0.39, 0.29) is 12.5 Å². The number of amides is 1. The zero-order chi connectivity index (χ0) is 12.7. The second-order valence-corrected chi connectivity index (χ2v) is 5.51. The molecule has 0 unspecified atom stereocenters. The second kappa shape index (κ2) is 7.81. The predicted molar refractivity (Wildman–Crippen MR) is 73.1 cm³/mol. The summed E-state index contributed by atoms with van der Waals surface area (Å²) in [6.45, 7) is 4.25. The Morgan fingerprint density at radius 1 is 1.65 bits per heavy atom. The van der Waals surface area contributed by atoms with E-state index in [0.717, 1.165) is 15.9 Å². The molecule has 0 saturated heterocycles. The van der Waals surface area contributed by atoms with Gasteiger partial charge in [0.05, 0.1) is 19.7 Å². The zero-order valence-electron chi connectivity index (χ0n) is 9.78. The number of nitrogens with one attached hydrogen (secondary N) is 1. The van der Waals surface area contributed by atoms with Crippen LogP contribution < -0.4 is 5.32 Å². The summed E-state index contributed by atoms with van der Waals surface area (Å²) in [5, 5.41) is 13.7. The predicted octanol–water partition coefficient (Wildman–Crippen LogP) is 1.44. The summed E-state index contributed by atoms with van der Waals surface area (Å²) in [6, 6.07) is 2.00. The van der Waals surface area contributed by atoms with Crippen LogP contribution in [0.25, 0.3) is 0 Å². The van der Waals surface area contributed by atoms with Gasteiger partial charge >= 0.3 is 0 Å². The van der Waals surface area contributed by atoms with E-state index in [4.69, 9.17) is 5.11 Å². The van der Waals surface area contributed by atoms with Crippen LogP contribution >= 0.6 is 27.3 Å². The van der Waals surface area contributed by atoms with Crippen molar-refractivity contribution >= 4 is 33.2 Å². The average Bonchev–Trinajstić information content (AvgIpc) is 2.72. The van der Waals surface area contributed by atoms with Crippen LogP contribution in [-0.2, 0) is 11.3 Å². The van der Waals surface area contributed by atoms with E-state index in [2.05, 4.69) is 21.2 Å². The quantitative estimate of drug-likeness (QED) is 0.799. The van der Waals surface area contributed by atoms with Crippen molar-refractivity contribution in [2.45, 2.75) is 13.5 Å². The molecule has 2 N–H and O–H groups in total. The molecule has 1 aromatic rings. The highest BCUT2D eigenvalue weighted by atomic mass is 79.9. The van der Waals surface area contributed by atoms with Gasteiger partial charge in [0.25, 0.3) is 0 Å². The molecule has 0 bridgehead atoms. The van der Waals surface area contributed by atoms with Gasteiger partial charge in [-0.15, -0.1) is 11.3 Å². The first-order valence-electron chi connectivity index (χ1n) is 5.48. The minimum atomic E-state index is -0.00942. The first kappa shape index (κ1) is 14.6. The maximum atomic E-state index is 11.6. The Kier molecular flexibility index (Phi) is 6.72. The highest BCUT2D eigenvalue weighted by Crippen LogP contribution is 2.19. The van der Waals surface area contributed by atoms with E-state index in [0.29, 0.717) is 19.6 Å². The van der Waals surface area contributed by atoms with Crippen molar-refractivity contribution in [2.24, 2.45) is 0 Å². The number of hydrogen-bond donors (Lipinski definition) is 2. The van der Waals surface area contributed by atoms with Crippen molar-refractivity contribution in [3.05, 3.63) is 20.8 Å². The minimum Gasteiger partial charge on any atom is -0.395 e. The number of likely N-dealkylation sites (N-methyl/N-ethyl adjacent to an activating group) is 1. The van der Waals surface area contributed by atoms with Crippen molar-refractivity contribution in [3.63, 3.8) is 0 Å². The molecule has 0 aliphatic heterocycles. The topological polar surface area (TPSA) is 52.6 Å². The van der Waals surface area contributed by atoms with E-state index in [1.165, 1.54) is 0 Å². The lowest BCUT2D eigenvalue weighted by molar-refractivity contribution is -0.122. The molecule has 0 saturated carbocycles. The molecular weight excluding hydrogens is 304 g/mol. The molecule has 0 atom stereocenters. The van der Waals surface area contributed by atoms with Crippen LogP contribution in [0, 0.1) is 0 Å². The molecule has 1 amide bonds. The van der Waals surface area contributed by atoms with Gasteiger partial charge in [-0.25, -0.2) is 0 Å². The van der Waals surface area contributed by atoms with Gasteiger partial charge in [-0.05, 0) is 28.5 Å². The van der Waals surface area contributed by atoms with Crippen LogP contribution in [0.1, 0.15) is 11.8 Å². The third kappa shape index (κ3) is 5.63. The summed E-state index contributed by atoms with van der Waals surface area (Å²) >= 11 is 4.98. The molecule has 0 spiro atoms. The standard InChI is InChI=1S/C11H17BrN2O2S/c1-2-14(3-4-15)7-11(16)13-6-10-5-9(12)8-17-10/h5,8,15H,2-4,6-7H2,1H3,(H,13,16). The molecule has 1 heterocycles. The Morgan fingerprint density at radius 3 is 2.94 bits per heavy atom.